The standard InChI is InChI=1S/C18H32I2O4/c1-4-16(13-24-18(22)11-9-15(3)20)7-5-6-12-23-17(21)10-8-14(2)19/h14-16H,4-13H2,1-3H3. The Kier molecular flexibility index (Phi) is 15.9. The topological polar surface area (TPSA) is 52.6 Å². The van der Waals surface area contributed by atoms with E-state index in [0.717, 1.165) is 38.5 Å². The van der Waals surface area contributed by atoms with Crippen LogP contribution in [0.2, 0.25) is 0 Å². The summed E-state index contributed by atoms with van der Waals surface area (Å²) in [6.45, 7) is 7.32. The van der Waals surface area contributed by atoms with Crippen LogP contribution in [0, 0.1) is 5.92 Å². The molecule has 3 unspecified atom stereocenters. The molecular formula is C18H32I2O4. The van der Waals surface area contributed by atoms with Crippen molar-refractivity contribution in [1.29, 1.82) is 0 Å². The molecule has 0 saturated heterocycles. The van der Waals surface area contributed by atoms with E-state index in [1.807, 2.05) is 0 Å². The fourth-order valence-electron chi connectivity index (χ4n) is 2.12. The molecule has 3 atom stereocenters. The normalized spacial score (nSPS) is 14.7. The van der Waals surface area contributed by atoms with Gasteiger partial charge in [0.15, 0.2) is 0 Å². The highest BCUT2D eigenvalue weighted by Gasteiger charge is 2.11. The maximum absolute atomic E-state index is 11.6. The maximum Gasteiger partial charge on any atom is 0.305 e. The van der Waals surface area contributed by atoms with Crippen molar-refractivity contribution in [3.05, 3.63) is 0 Å². The van der Waals surface area contributed by atoms with Gasteiger partial charge in [-0.05, 0) is 38.0 Å². The van der Waals surface area contributed by atoms with E-state index >= 15 is 0 Å². The SMILES string of the molecule is CCC(CCCCOC(=O)CCC(C)I)COC(=O)CCC(C)I. The summed E-state index contributed by atoms with van der Waals surface area (Å²) in [5, 5.41) is 0. The number of rotatable bonds is 14. The van der Waals surface area contributed by atoms with Gasteiger partial charge in [0.1, 0.15) is 0 Å². The van der Waals surface area contributed by atoms with E-state index in [0.29, 0.717) is 39.8 Å². The van der Waals surface area contributed by atoms with Crippen LogP contribution in [0.3, 0.4) is 0 Å². The molecule has 0 fully saturated rings. The molecule has 4 nitrogen and oxygen atoms in total. The molecule has 0 rings (SSSR count). The highest BCUT2D eigenvalue weighted by Crippen LogP contribution is 2.15. The van der Waals surface area contributed by atoms with Crippen LogP contribution in [0.4, 0.5) is 0 Å². The number of halogens is 2. The molecule has 0 bridgehead atoms. The van der Waals surface area contributed by atoms with Gasteiger partial charge in [-0.1, -0.05) is 72.4 Å². The molecule has 0 aliphatic heterocycles. The Bertz CT molecular complexity index is 346. The molecule has 24 heavy (non-hydrogen) atoms. The van der Waals surface area contributed by atoms with Gasteiger partial charge in [-0.3, -0.25) is 9.59 Å². The number of carbonyl (C=O) groups is 2. The van der Waals surface area contributed by atoms with E-state index in [2.05, 4.69) is 66.0 Å². The Labute approximate surface area is 174 Å². The first-order chi connectivity index (χ1) is 11.3. The second kappa shape index (κ2) is 15.6. The van der Waals surface area contributed by atoms with Gasteiger partial charge in [0.25, 0.3) is 0 Å². The molecule has 0 aromatic heterocycles. The van der Waals surface area contributed by atoms with E-state index < -0.39 is 0 Å². The number of ether oxygens (including phenoxy) is 2. The second-order valence-corrected chi connectivity index (χ2v) is 10.6. The minimum atomic E-state index is -0.0935. The Hall–Kier alpha value is 0.400. The lowest BCUT2D eigenvalue weighted by Crippen LogP contribution is -2.15. The van der Waals surface area contributed by atoms with E-state index in [1.165, 1.54) is 0 Å². The van der Waals surface area contributed by atoms with Crippen LogP contribution in [0.25, 0.3) is 0 Å². The molecule has 0 saturated carbocycles. The van der Waals surface area contributed by atoms with Gasteiger partial charge in [0.05, 0.1) is 13.2 Å². The number of hydrogen-bond acceptors (Lipinski definition) is 4. The molecule has 0 N–H and O–H groups in total. The van der Waals surface area contributed by atoms with Crippen molar-refractivity contribution in [2.24, 2.45) is 5.92 Å². The van der Waals surface area contributed by atoms with Crippen LogP contribution in [0.1, 0.15) is 72.1 Å². The first kappa shape index (κ1) is 24.4. The molecular weight excluding hydrogens is 534 g/mol. The summed E-state index contributed by atoms with van der Waals surface area (Å²) in [5.41, 5.74) is 0. The zero-order valence-corrected chi connectivity index (χ0v) is 19.5. The Balaban J connectivity index is 3.68. The van der Waals surface area contributed by atoms with Crippen LogP contribution in [0.15, 0.2) is 0 Å². The largest absolute Gasteiger partial charge is 0.466 e. The van der Waals surface area contributed by atoms with Gasteiger partial charge in [-0.15, -0.1) is 0 Å². The smallest absolute Gasteiger partial charge is 0.305 e. The van der Waals surface area contributed by atoms with E-state index in [4.69, 9.17) is 9.47 Å². The molecule has 0 aromatic rings. The molecule has 0 aliphatic rings. The summed E-state index contributed by atoms with van der Waals surface area (Å²) in [6.07, 6.45) is 6.65. The predicted molar refractivity (Wildman–Crippen MR) is 115 cm³/mol. The summed E-state index contributed by atoms with van der Waals surface area (Å²) in [5.74, 6) is 0.223. The van der Waals surface area contributed by atoms with Gasteiger partial charge in [-0.2, -0.15) is 0 Å². The van der Waals surface area contributed by atoms with E-state index in [-0.39, 0.29) is 11.9 Å². The van der Waals surface area contributed by atoms with Crippen molar-refractivity contribution in [3.8, 4) is 0 Å². The molecule has 142 valence electrons. The van der Waals surface area contributed by atoms with Gasteiger partial charge in [0.2, 0.25) is 0 Å². The van der Waals surface area contributed by atoms with Gasteiger partial charge < -0.3 is 9.47 Å². The lowest BCUT2D eigenvalue weighted by atomic mass is 10.0. The average Bonchev–Trinajstić information content (AvgIpc) is 2.53. The third kappa shape index (κ3) is 15.9. The second-order valence-electron chi connectivity index (χ2n) is 6.31. The molecule has 0 aliphatic carbocycles. The highest BCUT2D eigenvalue weighted by molar-refractivity contribution is 14.1. The zero-order valence-electron chi connectivity index (χ0n) is 15.2. The van der Waals surface area contributed by atoms with Gasteiger partial charge >= 0.3 is 11.9 Å². The first-order valence-electron chi connectivity index (χ1n) is 8.94. The van der Waals surface area contributed by atoms with Crippen LogP contribution < -0.4 is 0 Å². The summed E-state index contributed by atoms with van der Waals surface area (Å²) >= 11 is 4.63. The molecule has 0 spiro atoms. The minimum Gasteiger partial charge on any atom is -0.466 e. The monoisotopic (exact) mass is 566 g/mol. The lowest BCUT2D eigenvalue weighted by Gasteiger charge is -2.15. The Morgan fingerprint density at radius 2 is 1.42 bits per heavy atom. The summed E-state index contributed by atoms with van der Waals surface area (Å²) in [4.78, 5) is 23.1. The summed E-state index contributed by atoms with van der Waals surface area (Å²) < 4.78 is 11.6. The quantitative estimate of drug-likeness (QED) is 0.121. The molecule has 0 amide bonds. The maximum atomic E-state index is 11.6. The molecule has 6 heteroatoms. The van der Waals surface area contributed by atoms with Crippen molar-refractivity contribution < 1.29 is 19.1 Å². The van der Waals surface area contributed by atoms with Crippen molar-refractivity contribution in [2.75, 3.05) is 13.2 Å². The van der Waals surface area contributed by atoms with Crippen molar-refractivity contribution in [3.63, 3.8) is 0 Å². The minimum absolute atomic E-state index is 0.0876. The third-order valence-electron chi connectivity index (χ3n) is 3.82. The summed E-state index contributed by atoms with van der Waals surface area (Å²) in [7, 11) is 0. The number of hydrogen-bond donors (Lipinski definition) is 0. The molecule has 0 aromatic carbocycles. The van der Waals surface area contributed by atoms with Crippen LogP contribution >= 0.6 is 45.2 Å². The lowest BCUT2D eigenvalue weighted by molar-refractivity contribution is -0.146. The van der Waals surface area contributed by atoms with Crippen molar-refractivity contribution in [1.82, 2.24) is 0 Å². The zero-order chi connectivity index (χ0) is 18.4. The van der Waals surface area contributed by atoms with E-state index in [1.54, 1.807) is 0 Å². The average molecular weight is 566 g/mol. The third-order valence-corrected chi connectivity index (χ3v) is 5.07. The van der Waals surface area contributed by atoms with Gasteiger partial charge in [-0.25, -0.2) is 0 Å². The van der Waals surface area contributed by atoms with Crippen LogP contribution in [-0.2, 0) is 19.1 Å². The van der Waals surface area contributed by atoms with Crippen molar-refractivity contribution >= 4 is 57.1 Å². The van der Waals surface area contributed by atoms with E-state index in [9.17, 15) is 9.59 Å². The van der Waals surface area contributed by atoms with Gasteiger partial charge in [0, 0.05) is 20.7 Å². The number of unbranched alkanes of at least 4 members (excludes halogenated alkanes) is 1. The Morgan fingerprint density at radius 3 is 1.92 bits per heavy atom. The fourth-order valence-corrected chi connectivity index (χ4v) is 2.74. The van der Waals surface area contributed by atoms with Crippen LogP contribution in [-0.4, -0.2) is 33.0 Å². The van der Waals surface area contributed by atoms with Crippen LogP contribution in [0.5, 0.6) is 0 Å². The predicted octanol–water partition coefficient (Wildman–Crippen LogP) is 5.48. The fraction of sp³-hybridized carbons (Fsp3) is 0.889. The highest BCUT2D eigenvalue weighted by atomic mass is 127. The number of esters is 2. The number of carbonyl (C=O) groups excluding carboxylic acids is 2. The first-order valence-corrected chi connectivity index (χ1v) is 11.4. The molecule has 0 heterocycles. The summed E-state index contributed by atoms with van der Waals surface area (Å²) in [6, 6.07) is 0. The number of alkyl halides is 2. The van der Waals surface area contributed by atoms with Crippen molar-refractivity contribution in [2.45, 2.75) is 80.0 Å². The molecule has 0 radical (unpaired) electrons. The Morgan fingerprint density at radius 1 is 0.875 bits per heavy atom.